The number of methoxy groups -OCH3 is 1. The highest BCUT2D eigenvalue weighted by molar-refractivity contribution is 5.99. The van der Waals surface area contributed by atoms with Crippen molar-refractivity contribution in [3.05, 3.63) is 83.8 Å². The molecule has 0 aliphatic rings. The minimum Gasteiger partial charge on any atom is -0.481 e. The number of imidazole rings is 1. The number of nitrogens with zero attached hydrogens (tertiary/aromatic N) is 4. The Labute approximate surface area is 210 Å². The van der Waals surface area contributed by atoms with Gasteiger partial charge in [0.15, 0.2) is 0 Å². The number of nitrogens with one attached hydrogen (secondary N) is 1. The minimum absolute atomic E-state index is 0.0651. The minimum atomic E-state index is -0.750. The first kappa shape index (κ1) is 24.9. The van der Waals surface area contributed by atoms with Gasteiger partial charge in [0.05, 0.1) is 36.4 Å². The molecule has 0 saturated heterocycles. The Kier molecular flexibility index (Phi) is 7.63. The van der Waals surface area contributed by atoms with Crippen molar-refractivity contribution in [2.75, 3.05) is 18.6 Å². The van der Waals surface area contributed by atoms with Gasteiger partial charge in [-0.25, -0.2) is 9.97 Å². The Morgan fingerprint density at radius 2 is 1.78 bits per heavy atom. The highest BCUT2D eigenvalue weighted by Crippen LogP contribution is 2.21. The standard InChI is InChI=1S/C28H31N5O3/c1-5-33(22-13-14-25(36-4)29-16-22)28(35)23(15-21-9-7-6-8-10-21)31-24(34)17-32-18-30-26-19(2)11-12-20(3)27(26)32/h6-14,16,18,23H,5,15,17H2,1-4H3,(H,31,34)/t23-/m0/s1. The maximum Gasteiger partial charge on any atom is 0.249 e. The molecule has 4 rings (SSSR count). The van der Waals surface area contributed by atoms with Crippen molar-refractivity contribution >= 4 is 28.5 Å². The zero-order valence-corrected chi connectivity index (χ0v) is 21.1. The van der Waals surface area contributed by atoms with E-state index < -0.39 is 6.04 Å². The zero-order valence-electron chi connectivity index (χ0n) is 21.1. The lowest BCUT2D eigenvalue weighted by Crippen LogP contribution is -2.50. The van der Waals surface area contributed by atoms with Gasteiger partial charge < -0.3 is 19.5 Å². The predicted molar refractivity (Wildman–Crippen MR) is 140 cm³/mol. The monoisotopic (exact) mass is 485 g/mol. The topological polar surface area (TPSA) is 89.4 Å². The van der Waals surface area contributed by atoms with Crippen LogP contribution in [0.4, 0.5) is 5.69 Å². The average molecular weight is 486 g/mol. The highest BCUT2D eigenvalue weighted by Gasteiger charge is 2.27. The van der Waals surface area contributed by atoms with E-state index in [1.165, 1.54) is 0 Å². The number of likely N-dealkylation sites (N-methyl/N-ethyl adjacent to an activating group) is 1. The molecule has 4 aromatic rings. The zero-order chi connectivity index (χ0) is 25.7. The summed E-state index contributed by atoms with van der Waals surface area (Å²) >= 11 is 0. The Morgan fingerprint density at radius 3 is 2.44 bits per heavy atom. The van der Waals surface area contributed by atoms with Gasteiger partial charge in [-0.15, -0.1) is 0 Å². The number of aryl methyl sites for hydroxylation is 2. The molecule has 186 valence electrons. The molecule has 0 fully saturated rings. The maximum absolute atomic E-state index is 13.7. The third kappa shape index (κ3) is 5.38. The lowest BCUT2D eigenvalue weighted by atomic mass is 10.0. The molecule has 1 N–H and O–H groups in total. The fraction of sp³-hybridized carbons (Fsp3) is 0.286. The van der Waals surface area contributed by atoms with Crippen LogP contribution in [0.25, 0.3) is 11.0 Å². The summed E-state index contributed by atoms with van der Waals surface area (Å²) in [6, 6.07) is 16.5. The molecule has 0 aliphatic heterocycles. The molecule has 8 heteroatoms. The van der Waals surface area contributed by atoms with E-state index in [-0.39, 0.29) is 18.4 Å². The molecule has 2 aromatic carbocycles. The molecule has 0 unspecified atom stereocenters. The summed E-state index contributed by atoms with van der Waals surface area (Å²) in [6.07, 6.45) is 3.65. The van der Waals surface area contributed by atoms with E-state index in [1.807, 2.05) is 67.8 Å². The van der Waals surface area contributed by atoms with E-state index in [9.17, 15) is 9.59 Å². The number of rotatable bonds is 9. The number of anilines is 1. The van der Waals surface area contributed by atoms with Crippen LogP contribution < -0.4 is 15.0 Å². The van der Waals surface area contributed by atoms with Crippen LogP contribution in [0.5, 0.6) is 5.88 Å². The van der Waals surface area contributed by atoms with Crippen LogP contribution in [0.3, 0.4) is 0 Å². The van der Waals surface area contributed by atoms with E-state index in [0.717, 1.165) is 27.7 Å². The molecule has 1 atom stereocenters. The van der Waals surface area contributed by atoms with E-state index in [4.69, 9.17) is 4.74 Å². The van der Waals surface area contributed by atoms with Crippen molar-refractivity contribution < 1.29 is 14.3 Å². The molecule has 36 heavy (non-hydrogen) atoms. The second kappa shape index (κ2) is 11.0. The summed E-state index contributed by atoms with van der Waals surface area (Å²) in [7, 11) is 1.54. The smallest absolute Gasteiger partial charge is 0.249 e. The number of carbonyl (C=O) groups is 2. The van der Waals surface area contributed by atoms with E-state index in [2.05, 4.69) is 15.3 Å². The number of amides is 2. The number of fused-ring (bicyclic) bond motifs is 1. The van der Waals surface area contributed by atoms with Crippen LogP contribution in [-0.4, -0.2) is 46.0 Å². The number of pyridine rings is 1. The number of benzene rings is 2. The summed E-state index contributed by atoms with van der Waals surface area (Å²) < 4.78 is 6.97. The molecule has 2 heterocycles. The van der Waals surface area contributed by atoms with Gasteiger partial charge in [-0.2, -0.15) is 0 Å². The van der Waals surface area contributed by atoms with Crippen LogP contribution in [0, 0.1) is 13.8 Å². The van der Waals surface area contributed by atoms with Gasteiger partial charge >= 0.3 is 0 Å². The normalized spacial score (nSPS) is 11.8. The van der Waals surface area contributed by atoms with Gasteiger partial charge in [0, 0.05) is 19.0 Å². The van der Waals surface area contributed by atoms with Crippen LogP contribution in [-0.2, 0) is 22.6 Å². The fourth-order valence-corrected chi connectivity index (χ4v) is 4.36. The predicted octanol–water partition coefficient (Wildman–Crippen LogP) is 3.84. The Balaban J connectivity index is 1.58. The molecule has 0 spiro atoms. The van der Waals surface area contributed by atoms with Gasteiger partial charge in [-0.3, -0.25) is 9.59 Å². The van der Waals surface area contributed by atoms with Crippen molar-refractivity contribution in [3.63, 3.8) is 0 Å². The first-order valence-corrected chi connectivity index (χ1v) is 12.0. The number of carbonyl (C=O) groups excluding carboxylic acids is 2. The second-order valence-corrected chi connectivity index (χ2v) is 8.72. The Bertz CT molecular complexity index is 1350. The summed E-state index contributed by atoms with van der Waals surface area (Å²) in [4.78, 5) is 37.3. The van der Waals surface area contributed by atoms with Crippen LogP contribution in [0.2, 0.25) is 0 Å². The highest BCUT2D eigenvalue weighted by atomic mass is 16.5. The van der Waals surface area contributed by atoms with Gasteiger partial charge in [-0.1, -0.05) is 42.5 Å². The molecule has 8 nitrogen and oxygen atoms in total. The van der Waals surface area contributed by atoms with Gasteiger partial charge in [0.1, 0.15) is 12.6 Å². The lowest BCUT2D eigenvalue weighted by Gasteiger charge is -2.27. The van der Waals surface area contributed by atoms with Crippen molar-refractivity contribution in [3.8, 4) is 5.88 Å². The number of aromatic nitrogens is 3. The largest absolute Gasteiger partial charge is 0.481 e. The fourth-order valence-electron chi connectivity index (χ4n) is 4.36. The third-order valence-corrected chi connectivity index (χ3v) is 6.22. The van der Waals surface area contributed by atoms with Gasteiger partial charge in [0.25, 0.3) is 0 Å². The first-order chi connectivity index (χ1) is 17.4. The summed E-state index contributed by atoms with van der Waals surface area (Å²) in [6.45, 7) is 6.39. The van der Waals surface area contributed by atoms with Crippen LogP contribution in [0.15, 0.2) is 67.1 Å². The van der Waals surface area contributed by atoms with Crippen molar-refractivity contribution in [1.82, 2.24) is 19.9 Å². The second-order valence-electron chi connectivity index (χ2n) is 8.72. The van der Waals surface area contributed by atoms with Crippen LogP contribution >= 0.6 is 0 Å². The molecular formula is C28H31N5O3. The van der Waals surface area contributed by atoms with E-state index in [1.54, 1.807) is 36.7 Å². The van der Waals surface area contributed by atoms with E-state index >= 15 is 0 Å². The first-order valence-electron chi connectivity index (χ1n) is 12.0. The SMILES string of the molecule is CCN(C(=O)[C@H](Cc1ccccc1)NC(=O)Cn1cnc2c(C)ccc(C)c21)c1ccc(OC)nc1. The average Bonchev–Trinajstić information content (AvgIpc) is 3.32. The number of ether oxygens (including phenoxy) is 1. The summed E-state index contributed by atoms with van der Waals surface area (Å²) in [5.41, 5.74) is 5.50. The summed E-state index contributed by atoms with van der Waals surface area (Å²) in [5, 5.41) is 2.99. The third-order valence-electron chi connectivity index (χ3n) is 6.22. The summed E-state index contributed by atoms with van der Waals surface area (Å²) in [5.74, 6) is 0.00654. The van der Waals surface area contributed by atoms with Gasteiger partial charge in [-0.05, 0) is 43.5 Å². The Hall–Kier alpha value is -4.20. The van der Waals surface area contributed by atoms with Crippen molar-refractivity contribution in [2.24, 2.45) is 0 Å². The molecule has 2 aromatic heterocycles. The molecule has 2 amide bonds. The molecule has 0 radical (unpaired) electrons. The Morgan fingerprint density at radius 1 is 1.03 bits per heavy atom. The maximum atomic E-state index is 13.7. The molecule has 0 saturated carbocycles. The van der Waals surface area contributed by atoms with Crippen LogP contribution in [0.1, 0.15) is 23.6 Å². The van der Waals surface area contributed by atoms with Gasteiger partial charge in [0.2, 0.25) is 17.7 Å². The van der Waals surface area contributed by atoms with Crippen molar-refractivity contribution in [2.45, 2.75) is 39.8 Å². The quantitative estimate of drug-likeness (QED) is 0.389. The lowest BCUT2D eigenvalue weighted by molar-refractivity contribution is -0.127. The van der Waals surface area contributed by atoms with E-state index in [0.29, 0.717) is 24.5 Å². The molecule has 0 aliphatic carbocycles. The molecular weight excluding hydrogens is 454 g/mol. The van der Waals surface area contributed by atoms with Crippen molar-refractivity contribution in [1.29, 1.82) is 0 Å². The number of hydrogen-bond acceptors (Lipinski definition) is 5. The number of hydrogen-bond donors (Lipinski definition) is 1. The molecule has 0 bridgehead atoms.